The zero-order chi connectivity index (χ0) is 22.3. The Morgan fingerprint density at radius 3 is 2.82 bits per heavy atom. The van der Waals surface area contributed by atoms with E-state index in [0.717, 1.165) is 60.8 Å². The highest BCUT2D eigenvalue weighted by molar-refractivity contribution is 7.22. The number of carbonyl (C=O) groups is 1. The molecule has 0 aliphatic carbocycles. The highest BCUT2D eigenvalue weighted by Gasteiger charge is 2.19. The Morgan fingerprint density at radius 2 is 2.06 bits per heavy atom. The number of anilines is 1. The molecular weight excluding hydrogens is 481 g/mol. The van der Waals surface area contributed by atoms with Crippen LogP contribution in [0.25, 0.3) is 16.3 Å². The minimum atomic E-state index is -0.113. The van der Waals surface area contributed by atoms with Crippen LogP contribution in [0.3, 0.4) is 0 Å². The maximum atomic E-state index is 13.2. The summed E-state index contributed by atoms with van der Waals surface area (Å²) in [6, 6.07) is 13.2. The monoisotopic (exact) mass is 507 g/mol. The van der Waals surface area contributed by atoms with E-state index in [2.05, 4.69) is 4.90 Å². The summed E-state index contributed by atoms with van der Waals surface area (Å²) in [5.41, 5.74) is 1.66. The van der Waals surface area contributed by atoms with Gasteiger partial charge in [0.15, 0.2) is 5.13 Å². The van der Waals surface area contributed by atoms with Crippen molar-refractivity contribution in [1.29, 1.82) is 0 Å². The summed E-state index contributed by atoms with van der Waals surface area (Å²) < 4.78 is 11.7. The van der Waals surface area contributed by atoms with E-state index < -0.39 is 0 Å². The Balaban J connectivity index is 0.00000306. The number of aromatic nitrogens is 1. The lowest BCUT2D eigenvalue weighted by atomic mass is 10.2. The molecule has 0 bridgehead atoms. The third-order valence-electron chi connectivity index (χ3n) is 5.35. The SMILES string of the molecule is COc1ccc2nc(N(CCCN3CCOCC3)C(=O)/C=C/c3ccccc3Cl)sc2c1.Cl. The maximum Gasteiger partial charge on any atom is 0.252 e. The predicted octanol–water partition coefficient (Wildman–Crippen LogP) is 5.15. The molecule has 0 N–H and O–H groups in total. The topological polar surface area (TPSA) is 54.9 Å². The van der Waals surface area contributed by atoms with E-state index >= 15 is 0 Å². The molecule has 6 nitrogen and oxygen atoms in total. The van der Waals surface area contributed by atoms with E-state index in [-0.39, 0.29) is 18.3 Å². The van der Waals surface area contributed by atoms with Gasteiger partial charge in [0.25, 0.3) is 5.91 Å². The van der Waals surface area contributed by atoms with E-state index in [1.165, 1.54) is 11.3 Å². The summed E-state index contributed by atoms with van der Waals surface area (Å²) in [6.45, 7) is 4.90. The van der Waals surface area contributed by atoms with Crippen LogP contribution in [0, 0.1) is 0 Å². The Hall–Kier alpha value is -2.16. The molecule has 0 atom stereocenters. The minimum Gasteiger partial charge on any atom is -0.497 e. The second-order valence-corrected chi connectivity index (χ2v) is 8.90. The van der Waals surface area contributed by atoms with Crippen molar-refractivity contribution in [1.82, 2.24) is 9.88 Å². The fraction of sp³-hybridized carbons (Fsp3) is 0.333. The molecule has 0 spiro atoms. The fourth-order valence-corrected chi connectivity index (χ4v) is 4.80. The van der Waals surface area contributed by atoms with Crippen LogP contribution in [0.4, 0.5) is 5.13 Å². The average molecular weight is 508 g/mol. The number of hydrogen-bond acceptors (Lipinski definition) is 6. The molecule has 0 unspecified atom stereocenters. The van der Waals surface area contributed by atoms with Crippen LogP contribution in [0.2, 0.25) is 5.02 Å². The second kappa shape index (κ2) is 12.3. The van der Waals surface area contributed by atoms with E-state index in [1.54, 1.807) is 24.2 Å². The number of methoxy groups -OCH3 is 1. The molecule has 9 heteroatoms. The van der Waals surface area contributed by atoms with Crippen molar-refractivity contribution < 1.29 is 14.3 Å². The first-order valence-corrected chi connectivity index (χ1v) is 11.8. The molecule has 1 fully saturated rings. The number of nitrogens with zero attached hydrogens (tertiary/aromatic N) is 3. The summed E-state index contributed by atoms with van der Waals surface area (Å²) in [5.74, 6) is 0.662. The van der Waals surface area contributed by atoms with Gasteiger partial charge in [0, 0.05) is 37.3 Å². The number of fused-ring (bicyclic) bond motifs is 1. The van der Waals surface area contributed by atoms with Gasteiger partial charge in [-0.2, -0.15) is 0 Å². The van der Waals surface area contributed by atoms with Crippen LogP contribution in [-0.2, 0) is 9.53 Å². The Morgan fingerprint density at radius 1 is 1.27 bits per heavy atom. The molecule has 1 aromatic heterocycles. The number of carbonyl (C=O) groups excluding carboxylic acids is 1. The molecule has 176 valence electrons. The van der Waals surface area contributed by atoms with Gasteiger partial charge in [-0.3, -0.25) is 14.6 Å². The summed E-state index contributed by atoms with van der Waals surface area (Å²) in [4.78, 5) is 22.1. The summed E-state index contributed by atoms with van der Waals surface area (Å²) >= 11 is 7.74. The Labute approximate surface area is 209 Å². The smallest absolute Gasteiger partial charge is 0.252 e. The van der Waals surface area contributed by atoms with E-state index in [9.17, 15) is 4.79 Å². The maximum absolute atomic E-state index is 13.2. The van der Waals surface area contributed by atoms with Gasteiger partial charge in [-0.1, -0.05) is 41.1 Å². The van der Waals surface area contributed by atoms with Crippen LogP contribution in [0.15, 0.2) is 48.5 Å². The van der Waals surface area contributed by atoms with Crippen molar-refractivity contribution in [2.75, 3.05) is 51.4 Å². The van der Waals surface area contributed by atoms with Crippen molar-refractivity contribution in [2.24, 2.45) is 0 Å². The number of ether oxygens (including phenoxy) is 2. The van der Waals surface area contributed by atoms with Crippen LogP contribution < -0.4 is 9.64 Å². The Kier molecular flexibility index (Phi) is 9.52. The van der Waals surface area contributed by atoms with Gasteiger partial charge in [-0.25, -0.2) is 4.98 Å². The van der Waals surface area contributed by atoms with Crippen molar-refractivity contribution >= 4 is 62.7 Å². The molecule has 33 heavy (non-hydrogen) atoms. The second-order valence-electron chi connectivity index (χ2n) is 7.48. The van der Waals surface area contributed by atoms with Gasteiger partial charge in [-0.05, 0) is 42.3 Å². The Bertz CT molecular complexity index is 1100. The van der Waals surface area contributed by atoms with E-state index in [4.69, 9.17) is 26.1 Å². The third-order valence-corrected chi connectivity index (χ3v) is 6.74. The normalized spacial score (nSPS) is 14.4. The van der Waals surface area contributed by atoms with Crippen LogP contribution >= 0.6 is 35.3 Å². The zero-order valence-electron chi connectivity index (χ0n) is 18.4. The first-order chi connectivity index (χ1) is 15.6. The van der Waals surface area contributed by atoms with Crippen LogP contribution in [0.1, 0.15) is 12.0 Å². The van der Waals surface area contributed by atoms with Crippen LogP contribution in [0.5, 0.6) is 5.75 Å². The van der Waals surface area contributed by atoms with Crippen molar-refractivity contribution in [2.45, 2.75) is 6.42 Å². The predicted molar refractivity (Wildman–Crippen MR) is 138 cm³/mol. The molecule has 3 aromatic rings. The number of rotatable bonds is 8. The van der Waals surface area contributed by atoms with Gasteiger partial charge in [0.1, 0.15) is 5.75 Å². The highest BCUT2D eigenvalue weighted by atomic mass is 35.5. The number of hydrogen-bond donors (Lipinski definition) is 0. The lowest BCUT2D eigenvalue weighted by Crippen LogP contribution is -2.39. The lowest BCUT2D eigenvalue weighted by Gasteiger charge is -2.27. The fourth-order valence-electron chi connectivity index (χ4n) is 3.57. The van der Waals surface area contributed by atoms with Gasteiger partial charge in [0.05, 0.1) is 30.5 Å². The first-order valence-electron chi connectivity index (χ1n) is 10.6. The number of amides is 1. The average Bonchev–Trinajstić information content (AvgIpc) is 3.24. The number of thiazole rings is 1. The number of benzene rings is 2. The van der Waals surface area contributed by atoms with E-state index in [1.807, 2.05) is 42.5 Å². The van der Waals surface area contributed by atoms with Crippen molar-refractivity contribution in [3.8, 4) is 5.75 Å². The molecule has 1 aliphatic rings. The van der Waals surface area contributed by atoms with Crippen molar-refractivity contribution in [3.05, 3.63) is 59.1 Å². The van der Waals surface area contributed by atoms with Gasteiger partial charge < -0.3 is 9.47 Å². The van der Waals surface area contributed by atoms with Crippen molar-refractivity contribution in [3.63, 3.8) is 0 Å². The largest absolute Gasteiger partial charge is 0.497 e. The summed E-state index contributed by atoms with van der Waals surface area (Å²) in [7, 11) is 1.64. The van der Waals surface area contributed by atoms with Gasteiger partial charge >= 0.3 is 0 Å². The molecule has 1 amide bonds. The molecule has 1 saturated heterocycles. The number of morpholine rings is 1. The highest BCUT2D eigenvalue weighted by Crippen LogP contribution is 2.32. The summed E-state index contributed by atoms with van der Waals surface area (Å²) in [6.07, 6.45) is 4.18. The minimum absolute atomic E-state index is 0. The van der Waals surface area contributed by atoms with Gasteiger partial charge in [0.2, 0.25) is 0 Å². The lowest BCUT2D eigenvalue weighted by molar-refractivity contribution is -0.114. The molecular formula is C24H27Cl2N3O3S. The molecule has 2 heterocycles. The molecule has 0 saturated carbocycles. The number of halogens is 2. The van der Waals surface area contributed by atoms with E-state index in [0.29, 0.717) is 16.7 Å². The zero-order valence-corrected chi connectivity index (χ0v) is 20.8. The molecule has 4 rings (SSSR count). The quantitative estimate of drug-likeness (QED) is 0.394. The van der Waals surface area contributed by atoms with Gasteiger partial charge in [-0.15, -0.1) is 12.4 Å². The standard InChI is InChI=1S/C24H26ClN3O3S.ClH/c1-30-19-8-9-21-22(17-19)32-24(26-21)28(12-4-11-27-13-15-31-16-14-27)23(29)10-7-18-5-2-3-6-20(18)25;/h2-3,5-10,17H,4,11-16H2,1H3;1H/b10-7+;. The molecule has 0 radical (unpaired) electrons. The summed E-state index contributed by atoms with van der Waals surface area (Å²) in [5, 5.41) is 1.30. The first kappa shape index (κ1) is 25.5. The molecule has 1 aliphatic heterocycles. The molecule has 2 aromatic carbocycles. The van der Waals surface area contributed by atoms with Crippen LogP contribution in [-0.4, -0.2) is 62.3 Å². The third kappa shape index (κ3) is 6.68.